The zero-order valence-electron chi connectivity index (χ0n) is 16.3. The van der Waals surface area contributed by atoms with Crippen molar-refractivity contribution in [2.75, 3.05) is 19.5 Å². The minimum absolute atomic E-state index is 0.128. The summed E-state index contributed by atoms with van der Waals surface area (Å²) in [5, 5.41) is 3.13. The van der Waals surface area contributed by atoms with Crippen LogP contribution < -0.4 is 26.0 Å². The topological polar surface area (TPSA) is 104 Å². The number of aryl methyl sites for hydroxylation is 2. The molecule has 0 fully saturated rings. The Kier molecular flexibility index (Phi) is 5.60. The fraction of sp³-hybridized carbons (Fsp3) is 0.263. The fourth-order valence-corrected chi connectivity index (χ4v) is 3.21. The van der Waals surface area contributed by atoms with Gasteiger partial charge in [-0.25, -0.2) is 14.3 Å². The standard InChI is InChI=1S/C19H19ClN4O5/c1-10-8-21-17-15(16(10)29-4)18(26)24(19(27)23(17)2)9-14(25)22-12-7-11(20)5-6-13(12)28-3/h5-8H,9H2,1-4H3,(H,22,25). The second-order valence-corrected chi connectivity index (χ2v) is 6.74. The molecule has 2 aromatic heterocycles. The number of fused-ring (bicyclic) bond motifs is 1. The van der Waals surface area contributed by atoms with Crippen LogP contribution >= 0.6 is 11.6 Å². The van der Waals surface area contributed by atoms with E-state index in [2.05, 4.69) is 10.3 Å². The van der Waals surface area contributed by atoms with Crippen LogP contribution in [0.15, 0.2) is 34.0 Å². The molecule has 0 unspecified atom stereocenters. The highest BCUT2D eigenvalue weighted by molar-refractivity contribution is 6.31. The van der Waals surface area contributed by atoms with E-state index in [0.29, 0.717) is 27.8 Å². The van der Waals surface area contributed by atoms with E-state index in [4.69, 9.17) is 21.1 Å². The minimum Gasteiger partial charge on any atom is -0.495 e. The number of aromatic nitrogens is 3. The van der Waals surface area contributed by atoms with Crippen molar-refractivity contribution in [1.82, 2.24) is 14.1 Å². The summed E-state index contributed by atoms with van der Waals surface area (Å²) >= 11 is 5.97. The van der Waals surface area contributed by atoms with Crippen LogP contribution in [0.3, 0.4) is 0 Å². The number of amides is 1. The zero-order chi connectivity index (χ0) is 21.3. The smallest absolute Gasteiger partial charge is 0.332 e. The maximum absolute atomic E-state index is 13.0. The van der Waals surface area contributed by atoms with E-state index in [1.54, 1.807) is 19.1 Å². The number of carbonyl (C=O) groups is 1. The number of anilines is 1. The number of methoxy groups -OCH3 is 2. The first-order chi connectivity index (χ1) is 13.8. The van der Waals surface area contributed by atoms with Gasteiger partial charge in [0.15, 0.2) is 5.65 Å². The molecule has 1 amide bonds. The van der Waals surface area contributed by atoms with Gasteiger partial charge in [0.1, 0.15) is 23.4 Å². The van der Waals surface area contributed by atoms with Gasteiger partial charge in [-0.05, 0) is 25.1 Å². The Balaban J connectivity index is 2.07. The largest absolute Gasteiger partial charge is 0.495 e. The van der Waals surface area contributed by atoms with Crippen molar-refractivity contribution < 1.29 is 14.3 Å². The molecule has 3 rings (SSSR count). The quantitative estimate of drug-likeness (QED) is 0.676. The summed E-state index contributed by atoms with van der Waals surface area (Å²) in [6.45, 7) is 1.23. The monoisotopic (exact) mass is 418 g/mol. The summed E-state index contributed by atoms with van der Waals surface area (Å²) in [5.41, 5.74) is -0.199. The molecular formula is C19H19ClN4O5. The predicted octanol–water partition coefficient (Wildman–Crippen LogP) is 1.71. The summed E-state index contributed by atoms with van der Waals surface area (Å²) in [4.78, 5) is 42.4. The molecule has 0 radical (unpaired) electrons. The number of ether oxygens (including phenoxy) is 2. The van der Waals surface area contributed by atoms with Gasteiger partial charge in [0.05, 0.1) is 19.9 Å². The van der Waals surface area contributed by atoms with Crippen LogP contribution in [0.2, 0.25) is 5.02 Å². The number of nitrogens with zero attached hydrogens (tertiary/aromatic N) is 3. The molecule has 0 aliphatic rings. The molecule has 1 aromatic carbocycles. The van der Waals surface area contributed by atoms with Crippen molar-refractivity contribution >= 4 is 34.2 Å². The maximum Gasteiger partial charge on any atom is 0.332 e. The lowest BCUT2D eigenvalue weighted by atomic mass is 10.2. The van der Waals surface area contributed by atoms with Crippen LogP contribution in [0.4, 0.5) is 5.69 Å². The summed E-state index contributed by atoms with van der Waals surface area (Å²) < 4.78 is 12.6. The summed E-state index contributed by atoms with van der Waals surface area (Å²) in [6, 6.07) is 4.72. The van der Waals surface area contributed by atoms with Gasteiger partial charge in [0.2, 0.25) is 5.91 Å². The van der Waals surface area contributed by atoms with Crippen LogP contribution in [0.25, 0.3) is 11.0 Å². The molecule has 0 bridgehead atoms. The fourth-order valence-electron chi connectivity index (χ4n) is 3.03. The Morgan fingerprint density at radius 3 is 2.62 bits per heavy atom. The number of halogens is 1. The number of rotatable bonds is 5. The number of hydrogen-bond acceptors (Lipinski definition) is 6. The van der Waals surface area contributed by atoms with Crippen molar-refractivity contribution in [3.8, 4) is 11.5 Å². The average molecular weight is 419 g/mol. The van der Waals surface area contributed by atoms with Gasteiger partial charge < -0.3 is 14.8 Å². The second-order valence-electron chi connectivity index (χ2n) is 6.30. The molecule has 3 aromatic rings. The SMILES string of the molecule is COc1ccc(Cl)cc1NC(=O)Cn1c(=O)c2c(OC)c(C)cnc2n(C)c1=O. The van der Waals surface area contributed by atoms with Crippen molar-refractivity contribution in [2.45, 2.75) is 13.5 Å². The Hall–Kier alpha value is -3.33. The van der Waals surface area contributed by atoms with Crippen molar-refractivity contribution in [3.05, 3.63) is 55.8 Å². The molecule has 1 N–H and O–H groups in total. The van der Waals surface area contributed by atoms with E-state index in [1.807, 2.05) is 0 Å². The Bertz CT molecular complexity index is 1230. The first kappa shape index (κ1) is 20.4. The molecule has 2 heterocycles. The van der Waals surface area contributed by atoms with E-state index in [-0.39, 0.29) is 11.0 Å². The summed E-state index contributed by atoms with van der Waals surface area (Å²) in [7, 11) is 4.35. The van der Waals surface area contributed by atoms with Crippen molar-refractivity contribution in [1.29, 1.82) is 0 Å². The highest BCUT2D eigenvalue weighted by atomic mass is 35.5. The van der Waals surface area contributed by atoms with Crippen molar-refractivity contribution in [3.63, 3.8) is 0 Å². The lowest BCUT2D eigenvalue weighted by molar-refractivity contribution is -0.116. The third-order valence-electron chi connectivity index (χ3n) is 4.43. The lowest BCUT2D eigenvalue weighted by Crippen LogP contribution is -2.42. The maximum atomic E-state index is 13.0. The van der Waals surface area contributed by atoms with Gasteiger partial charge in [-0.1, -0.05) is 11.6 Å². The van der Waals surface area contributed by atoms with E-state index < -0.39 is 23.7 Å². The van der Waals surface area contributed by atoms with Crippen molar-refractivity contribution in [2.24, 2.45) is 7.05 Å². The van der Waals surface area contributed by atoms with Gasteiger partial charge in [0.25, 0.3) is 5.56 Å². The zero-order valence-corrected chi connectivity index (χ0v) is 17.0. The summed E-state index contributed by atoms with van der Waals surface area (Å²) in [6.07, 6.45) is 1.52. The number of carbonyl (C=O) groups excluding carboxylic acids is 1. The Morgan fingerprint density at radius 2 is 1.97 bits per heavy atom. The number of pyridine rings is 1. The number of hydrogen-bond donors (Lipinski definition) is 1. The van der Waals surface area contributed by atoms with Gasteiger partial charge in [-0.2, -0.15) is 0 Å². The van der Waals surface area contributed by atoms with Crippen LogP contribution in [0.1, 0.15) is 5.56 Å². The van der Waals surface area contributed by atoms with Gasteiger partial charge >= 0.3 is 5.69 Å². The molecule has 0 spiro atoms. The molecule has 10 heteroatoms. The van der Waals surface area contributed by atoms with E-state index in [1.165, 1.54) is 38.1 Å². The average Bonchev–Trinajstić information content (AvgIpc) is 2.69. The summed E-state index contributed by atoms with van der Waals surface area (Å²) in [5.74, 6) is 0.105. The molecule has 0 aliphatic heterocycles. The second kappa shape index (κ2) is 7.96. The van der Waals surface area contributed by atoms with Crippen LogP contribution in [0, 0.1) is 6.92 Å². The van der Waals surface area contributed by atoms with Crippen LogP contribution in [-0.4, -0.2) is 34.2 Å². The molecule has 0 aliphatic carbocycles. The highest BCUT2D eigenvalue weighted by Gasteiger charge is 2.19. The molecule has 152 valence electrons. The molecule has 0 saturated carbocycles. The Labute approximate surface area is 170 Å². The van der Waals surface area contributed by atoms with Gasteiger partial charge in [-0.15, -0.1) is 0 Å². The molecule has 29 heavy (non-hydrogen) atoms. The van der Waals surface area contributed by atoms with Gasteiger partial charge in [0, 0.05) is 23.8 Å². The molecular weight excluding hydrogens is 400 g/mol. The van der Waals surface area contributed by atoms with E-state index in [9.17, 15) is 14.4 Å². The number of benzene rings is 1. The first-order valence-electron chi connectivity index (χ1n) is 8.55. The third-order valence-corrected chi connectivity index (χ3v) is 4.66. The normalized spacial score (nSPS) is 10.8. The Morgan fingerprint density at radius 1 is 1.24 bits per heavy atom. The number of nitrogens with one attached hydrogen (secondary N) is 1. The minimum atomic E-state index is -0.672. The predicted molar refractivity (Wildman–Crippen MR) is 109 cm³/mol. The third kappa shape index (κ3) is 3.68. The first-order valence-corrected chi connectivity index (χ1v) is 8.92. The molecule has 0 atom stereocenters. The van der Waals surface area contributed by atoms with E-state index >= 15 is 0 Å². The lowest BCUT2D eigenvalue weighted by Gasteiger charge is -2.14. The highest BCUT2D eigenvalue weighted by Crippen LogP contribution is 2.27. The molecule has 0 saturated heterocycles. The van der Waals surface area contributed by atoms with Crippen LogP contribution in [0.5, 0.6) is 11.5 Å². The van der Waals surface area contributed by atoms with Gasteiger partial charge in [-0.3, -0.25) is 14.2 Å². The molecule has 9 nitrogen and oxygen atoms in total. The van der Waals surface area contributed by atoms with Crippen LogP contribution in [-0.2, 0) is 18.4 Å². The van der Waals surface area contributed by atoms with E-state index in [0.717, 1.165) is 4.57 Å².